The Kier molecular flexibility index (Phi) is 16.5. The van der Waals surface area contributed by atoms with Crippen molar-refractivity contribution in [1.29, 1.82) is 0 Å². The summed E-state index contributed by atoms with van der Waals surface area (Å²) in [7, 11) is 0. The van der Waals surface area contributed by atoms with Crippen molar-refractivity contribution in [2.75, 3.05) is 0 Å². The molecule has 0 N–H and O–H groups in total. The largest absolute Gasteiger partial charge is 0.416 e. The van der Waals surface area contributed by atoms with Crippen molar-refractivity contribution in [3.05, 3.63) is 232 Å². The first-order valence-electron chi connectivity index (χ1n) is 24.4. The average Bonchev–Trinajstić information content (AvgIpc) is 0.730. The van der Waals surface area contributed by atoms with Gasteiger partial charge in [-0.05, 0) is 59.3 Å². The Bertz CT molecular complexity index is 3560. The summed E-state index contributed by atoms with van der Waals surface area (Å²) in [6, 6.07) is 28.0. The van der Waals surface area contributed by atoms with Crippen LogP contribution >= 0.6 is 0 Å². The Morgan fingerprint density at radius 1 is 0.302 bits per heavy atom. The van der Waals surface area contributed by atoms with Gasteiger partial charge < -0.3 is 0 Å². The predicted molar refractivity (Wildman–Crippen MR) is 268 cm³/mol. The standard InChI is InChI=1S/C32H12BF24.C27H20NO/c34-25(35,36)13-1-14(26(37,38)39)6-21(5-13)33(22-7-15(27(40,41)42)2-16(8-22)28(43,44)45,23-9-17(29(46,47)48)3-18(10-23)30(49,50)51)24-11-19(31(52,53)54)4-20(12-24)32(55,56)57;29-27(22-10-2-1-3-11-22)19-28-25-13-7-6-9-21(25)16-17-26(28)24-15-14-20-8-4-5-12-23(20)18-24/h1-12H;1-18H,19H2/q-1;+1. The second kappa shape index (κ2) is 22.4. The predicted octanol–water partition coefficient (Wildman–Crippen LogP) is 17.0. The van der Waals surface area contributed by atoms with E-state index in [2.05, 4.69) is 71.3 Å². The lowest BCUT2D eigenvalue weighted by Crippen LogP contribution is -2.75. The van der Waals surface area contributed by atoms with Crippen molar-refractivity contribution in [2.24, 2.45) is 0 Å². The van der Waals surface area contributed by atoms with E-state index in [1.807, 2.05) is 42.5 Å². The van der Waals surface area contributed by atoms with Crippen molar-refractivity contribution < 1.29 is 115 Å². The van der Waals surface area contributed by atoms with Crippen molar-refractivity contribution in [1.82, 2.24) is 0 Å². The lowest BCUT2D eigenvalue weighted by Gasteiger charge is -2.46. The highest BCUT2D eigenvalue weighted by molar-refractivity contribution is 7.20. The third-order valence-corrected chi connectivity index (χ3v) is 13.8. The molecule has 0 aliphatic heterocycles. The maximum absolute atomic E-state index is 14.2. The van der Waals surface area contributed by atoms with Crippen molar-refractivity contribution in [2.45, 2.75) is 56.0 Å². The highest BCUT2D eigenvalue weighted by Gasteiger charge is 2.47. The molecule has 0 unspecified atom stereocenters. The molecule has 9 aromatic rings. The fourth-order valence-corrected chi connectivity index (χ4v) is 9.96. The van der Waals surface area contributed by atoms with Crippen LogP contribution < -0.4 is 26.4 Å². The van der Waals surface area contributed by atoms with E-state index in [1.165, 1.54) is 10.8 Å². The number of nitrogens with zero attached hydrogens (tertiary/aromatic N) is 1. The molecule has 0 fully saturated rings. The summed E-state index contributed by atoms with van der Waals surface area (Å²) in [5.74, 6) is 0.106. The number of rotatable bonds is 8. The van der Waals surface area contributed by atoms with Gasteiger partial charge in [-0.1, -0.05) is 121 Å². The Morgan fingerprint density at radius 2 is 0.593 bits per heavy atom. The normalized spacial score (nSPS) is 13.2. The number of fused-ring (bicyclic) bond motifs is 2. The monoisotopic (exact) mass is 1240 g/mol. The van der Waals surface area contributed by atoms with E-state index < -0.39 is 195 Å². The van der Waals surface area contributed by atoms with E-state index in [1.54, 1.807) is 0 Å². The second-order valence-electron chi connectivity index (χ2n) is 19.4. The van der Waals surface area contributed by atoms with Crippen LogP contribution in [0.25, 0.3) is 32.9 Å². The van der Waals surface area contributed by atoms with E-state index in [-0.39, 0.29) is 5.78 Å². The minimum atomic E-state index is -6.13. The molecule has 27 heteroatoms. The quantitative estimate of drug-likeness (QED) is 0.0643. The third kappa shape index (κ3) is 13.6. The van der Waals surface area contributed by atoms with Gasteiger partial charge >= 0.3 is 49.4 Å². The zero-order chi connectivity index (χ0) is 63.5. The van der Waals surface area contributed by atoms with Gasteiger partial charge in [0.2, 0.25) is 23.5 Å². The molecule has 86 heavy (non-hydrogen) atoms. The van der Waals surface area contributed by atoms with Gasteiger partial charge in [-0.15, -0.1) is 0 Å². The number of hydrogen-bond acceptors (Lipinski definition) is 1. The van der Waals surface area contributed by atoms with Crippen LogP contribution in [0.2, 0.25) is 0 Å². The number of alkyl halides is 24. The average molecular weight is 1240 g/mol. The fourth-order valence-electron chi connectivity index (χ4n) is 9.96. The summed E-state index contributed by atoms with van der Waals surface area (Å²) < 4.78 is 343. The maximum Gasteiger partial charge on any atom is 0.416 e. The number of pyridine rings is 1. The number of ketones is 1. The molecule has 1 aromatic heterocycles. The Labute approximate surface area is 468 Å². The van der Waals surface area contributed by atoms with Gasteiger partial charge in [-0.2, -0.15) is 132 Å². The maximum atomic E-state index is 14.2. The molecule has 0 spiro atoms. The lowest BCUT2D eigenvalue weighted by atomic mass is 9.12. The van der Waals surface area contributed by atoms with E-state index in [9.17, 15) is 110 Å². The molecule has 8 aromatic carbocycles. The highest BCUT2D eigenvalue weighted by Crippen LogP contribution is 2.42. The smallest absolute Gasteiger partial charge is 0.287 e. The van der Waals surface area contributed by atoms with Gasteiger partial charge in [0, 0.05) is 28.6 Å². The first-order valence-corrected chi connectivity index (χ1v) is 24.4. The molecule has 450 valence electrons. The van der Waals surface area contributed by atoms with Crippen LogP contribution in [0.4, 0.5) is 105 Å². The van der Waals surface area contributed by atoms with E-state index in [0.717, 1.165) is 27.7 Å². The lowest BCUT2D eigenvalue weighted by molar-refractivity contribution is -0.646. The van der Waals surface area contributed by atoms with Crippen molar-refractivity contribution in [3.8, 4) is 11.3 Å². The molecule has 0 atom stereocenters. The Hall–Kier alpha value is -8.52. The molecule has 2 nitrogen and oxygen atoms in total. The molecule has 9 rings (SSSR count). The number of benzene rings is 8. The Morgan fingerprint density at radius 3 is 0.930 bits per heavy atom. The third-order valence-electron chi connectivity index (χ3n) is 13.8. The Balaban J connectivity index is 0.000000274. The summed E-state index contributed by atoms with van der Waals surface area (Å²) in [6.45, 7) is 0.299. The molecule has 0 bridgehead atoms. The van der Waals surface area contributed by atoms with Crippen LogP contribution in [-0.4, -0.2) is 11.9 Å². The van der Waals surface area contributed by atoms with E-state index >= 15 is 0 Å². The van der Waals surface area contributed by atoms with Crippen LogP contribution in [-0.2, 0) is 56.0 Å². The zero-order valence-electron chi connectivity index (χ0n) is 42.5. The van der Waals surface area contributed by atoms with Crippen molar-refractivity contribution in [3.63, 3.8) is 0 Å². The molecule has 0 amide bonds. The van der Waals surface area contributed by atoms with E-state index in [4.69, 9.17) is 0 Å². The fraction of sp³-hybridized carbons (Fsp3) is 0.153. The van der Waals surface area contributed by atoms with Crippen molar-refractivity contribution >= 4 is 55.5 Å². The highest BCUT2D eigenvalue weighted by atomic mass is 19.4. The van der Waals surface area contributed by atoms with Gasteiger partial charge in [0.25, 0.3) is 0 Å². The van der Waals surface area contributed by atoms with Gasteiger partial charge in [-0.3, -0.25) is 4.79 Å². The van der Waals surface area contributed by atoms with Crippen LogP contribution in [0.1, 0.15) is 54.9 Å². The summed E-state index contributed by atoms with van der Waals surface area (Å²) in [5.41, 5.74) is -26.3. The molecular weight excluding hydrogens is 1210 g/mol. The van der Waals surface area contributed by atoms with E-state index in [0.29, 0.717) is 6.54 Å². The number of carbonyl (C=O) groups is 1. The van der Waals surface area contributed by atoms with Crippen LogP contribution in [0, 0.1) is 0 Å². The number of aromatic nitrogens is 1. The minimum absolute atomic E-state index is 0.106. The molecule has 0 saturated carbocycles. The minimum Gasteiger partial charge on any atom is -0.287 e. The number of halogens is 24. The first-order chi connectivity index (χ1) is 39.6. The summed E-state index contributed by atoms with van der Waals surface area (Å²) in [5, 5.41) is 3.53. The number of carbonyl (C=O) groups excluding carboxylic acids is 1. The molecule has 0 radical (unpaired) electrons. The number of Topliss-reactive ketones (excluding diaryl/α,β-unsaturated/α-hetero) is 1. The number of hydrogen-bond donors (Lipinski definition) is 0. The van der Waals surface area contributed by atoms with Crippen LogP contribution in [0.5, 0.6) is 0 Å². The van der Waals surface area contributed by atoms with Gasteiger partial charge in [-0.25, -0.2) is 0 Å². The second-order valence-corrected chi connectivity index (χ2v) is 19.4. The first kappa shape index (κ1) is 63.5. The number of para-hydroxylation sites is 1. The molecule has 0 saturated heterocycles. The molecular formula is C59H32BF24NO. The van der Waals surface area contributed by atoms with Gasteiger partial charge in [0.05, 0.1) is 44.5 Å². The van der Waals surface area contributed by atoms with Crippen LogP contribution in [0.3, 0.4) is 0 Å². The summed E-state index contributed by atoms with van der Waals surface area (Å²) in [6.07, 6.45) is -54.8. The van der Waals surface area contributed by atoms with Gasteiger partial charge in [0.15, 0.2) is 0 Å². The SMILES string of the molecule is FC(F)(F)c1cc([B-](c2cc(C(F)(F)F)cc(C(F)(F)F)c2)(c2cc(C(F)(F)F)cc(C(F)(F)F)c2)c2cc(C(F)(F)F)cc(C(F)(F)F)c2)cc(C(F)(F)F)c1.O=C(C[n+]1c(-c2ccc3ccccc3c2)ccc2ccccc21)c1ccccc1. The topological polar surface area (TPSA) is 20.9 Å². The summed E-state index contributed by atoms with van der Waals surface area (Å²) >= 11 is 0. The molecule has 1 heterocycles. The van der Waals surface area contributed by atoms with Gasteiger partial charge in [0.1, 0.15) is 6.15 Å². The molecule has 0 aliphatic carbocycles. The van der Waals surface area contributed by atoms with Crippen LogP contribution in [0.15, 0.2) is 182 Å². The summed E-state index contributed by atoms with van der Waals surface area (Å²) in [4.78, 5) is 13.0. The molecule has 0 aliphatic rings. The zero-order valence-corrected chi connectivity index (χ0v) is 42.5.